The Hall–Kier alpha value is -0.360. The van der Waals surface area contributed by atoms with Gasteiger partial charge in [-0.05, 0) is 84.6 Å². The van der Waals surface area contributed by atoms with Crippen LogP contribution in [0.4, 0.5) is 0 Å². The van der Waals surface area contributed by atoms with Gasteiger partial charge < -0.3 is 9.88 Å². The van der Waals surface area contributed by atoms with Crippen LogP contribution < -0.4 is 5.32 Å². The average Bonchev–Trinajstić information content (AvgIpc) is 3.13. The molecule has 1 saturated heterocycles. The Labute approximate surface area is 154 Å². The fourth-order valence-electron chi connectivity index (χ4n) is 4.30. The van der Waals surface area contributed by atoms with Gasteiger partial charge >= 0.3 is 0 Å². The topological polar surface area (TPSA) is 42.7 Å². The van der Waals surface area contributed by atoms with Gasteiger partial charge in [0.05, 0.1) is 5.39 Å². The SMILES string of the molecule is Clc1nc(Cl)c2c(Br)cn(C3CCC(C4CCNCC4)C3)c2n1. The highest BCUT2D eigenvalue weighted by Gasteiger charge is 2.33. The predicted octanol–water partition coefficient (Wildman–Crippen LogP) is 4.84. The maximum atomic E-state index is 6.25. The molecule has 0 bridgehead atoms. The third-order valence-corrected chi connectivity index (χ3v) is 6.49. The zero-order chi connectivity index (χ0) is 16.0. The minimum absolute atomic E-state index is 0.210. The number of nitrogens with zero attached hydrogens (tertiary/aromatic N) is 3. The summed E-state index contributed by atoms with van der Waals surface area (Å²) in [6, 6.07) is 0.478. The highest BCUT2D eigenvalue weighted by Crippen LogP contribution is 2.44. The number of hydrogen-bond donors (Lipinski definition) is 1. The molecule has 0 spiro atoms. The molecule has 2 unspecified atom stereocenters. The van der Waals surface area contributed by atoms with E-state index in [2.05, 4.69) is 42.0 Å². The van der Waals surface area contributed by atoms with Crippen molar-refractivity contribution in [3.8, 4) is 0 Å². The van der Waals surface area contributed by atoms with Crippen LogP contribution in [-0.2, 0) is 0 Å². The summed E-state index contributed by atoms with van der Waals surface area (Å²) in [6.07, 6.45) is 8.45. The van der Waals surface area contributed by atoms with Gasteiger partial charge in [0, 0.05) is 16.7 Å². The summed E-state index contributed by atoms with van der Waals surface area (Å²) in [5.74, 6) is 1.69. The molecule has 0 aromatic carbocycles. The Kier molecular flexibility index (Phi) is 4.56. The lowest BCUT2D eigenvalue weighted by Crippen LogP contribution is -2.31. The molecular formula is C16H19BrCl2N4. The van der Waals surface area contributed by atoms with Crippen LogP contribution in [0.5, 0.6) is 0 Å². The minimum Gasteiger partial charge on any atom is -0.328 e. The summed E-state index contributed by atoms with van der Waals surface area (Å²) < 4.78 is 3.19. The lowest BCUT2D eigenvalue weighted by atomic mass is 9.84. The Bertz CT molecular complexity index is 726. The van der Waals surface area contributed by atoms with E-state index < -0.39 is 0 Å². The lowest BCUT2D eigenvalue weighted by molar-refractivity contribution is 0.257. The van der Waals surface area contributed by atoms with Gasteiger partial charge in [-0.1, -0.05) is 11.6 Å². The smallest absolute Gasteiger partial charge is 0.225 e. The van der Waals surface area contributed by atoms with Crippen LogP contribution in [0, 0.1) is 11.8 Å². The van der Waals surface area contributed by atoms with Crippen LogP contribution in [0.25, 0.3) is 11.0 Å². The normalized spacial score (nSPS) is 26.2. The van der Waals surface area contributed by atoms with Crippen molar-refractivity contribution in [2.24, 2.45) is 11.8 Å². The summed E-state index contributed by atoms with van der Waals surface area (Å²) in [4.78, 5) is 8.49. The number of hydrogen-bond acceptors (Lipinski definition) is 3. The van der Waals surface area contributed by atoms with E-state index in [0.717, 1.165) is 27.3 Å². The molecule has 23 heavy (non-hydrogen) atoms. The monoisotopic (exact) mass is 416 g/mol. The van der Waals surface area contributed by atoms with Gasteiger partial charge in [-0.2, -0.15) is 4.98 Å². The van der Waals surface area contributed by atoms with Gasteiger partial charge in [0.15, 0.2) is 0 Å². The van der Waals surface area contributed by atoms with Gasteiger partial charge in [0.25, 0.3) is 0 Å². The summed E-state index contributed by atoms with van der Waals surface area (Å²) >= 11 is 15.9. The summed E-state index contributed by atoms with van der Waals surface area (Å²) in [5.41, 5.74) is 0.845. The van der Waals surface area contributed by atoms with E-state index in [0.29, 0.717) is 11.2 Å². The average molecular weight is 418 g/mol. The van der Waals surface area contributed by atoms with Gasteiger partial charge in [-0.25, -0.2) is 4.98 Å². The molecule has 4 nitrogen and oxygen atoms in total. The van der Waals surface area contributed by atoms with Crippen LogP contribution in [0.1, 0.15) is 38.1 Å². The zero-order valence-electron chi connectivity index (χ0n) is 12.7. The highest BCUT2D eigenvalue weighted by molar-refractivity contribution is 9.10. The van der Waals surface area contributed by atoms with Crippen molar-refractivity contribution in [2.45, 2.75) is 38.1 Å². The Morgan fingerprint density at radius 2 is 1.87 bits per heavy atom. The number of nitrogens with one attached hydrogen (secondary N) is 1. The first kappa shape index (κ1) is 16.1. The largest absolute Gasteiger partial charge is 0.328 e. The van der Waals surface area contributed by atoms with Gasteiger partial charge in [0.2, 0.25) is 5.28 Å². The molecule has 2 aliphatic rings. The molecule has 2 fully saturated rings. The van der Waals surface area contributed by atoms with Crippen molar-refractivity contribution >= 4 is 50.2 Å². The van der Waals surface area contributed by atoms with Crippen molar-refractivity contribution in [2.75, 3.05) is 13.1 Å². The van der Waals surface area contributed by atoms with Gasteiger partial charge in [-0.15, -0.1) is 0 Å². The molecule has 1 saturated carbocycles. The van der Waals surface area contributed by atoms with E-state index in [-0.39, 0.29) is 5.28 Å². The summed E-state index contributed by atoms with van der Waals surface area (Å²) in [5, 5.41) is 4.95. The predicted molar refractivity (Wildman–Crippen MR) is 97.2 cm³/mol. The van der Waals surface area contributed by atoms with Crippen molar-refractivity contribution < 1.29 is 0 Å². The molecule has 1 aliphatic carbocycles. The van der Waals surface area contributed by atoms with Crippen LogP contribution in [0.3, 0.4) is 0 Å². The van der Waals surface area contributed by atoms with Gasteiger partial charge in [-0.3, -0.25) is 0 Å². The Balaban J connectivity index is 1.62. The first-order valence-electron chi connectivity index (χ1n) is 8.23. The summed E-state index contributed by atoms with van der Waals surface area (Å²) in [6.45, 7) is 2.34. The fourth-order valence-corrected chi connectivity index (χ4v) is 5.48. The third kappa shape index (κ3) is 3.01. The molecule has 7 heteroatoms. The van der Waals surface area contributed by atoms with Crippen LogP contribution >= 0.6 is 39.1 Å². The van der Waals surface area contributed by atoms with Crippen molar-refractivity contribution in [3.63, 3.8) is 0 Å². The molecular weight excluding hydrogens is 399 g/mol. The van der Waals surface area contributed by atoms with Crippen LogP contribution in [0.15, 0.2) is 10.7 Å². The van der Waals surface area contributed by atoms with E-state index in [1.807, 2.05) is 0 Å². The number of rotatable bonds is 2. The van der Waals surface area contributed by atoms with E-state index in [4.69, 9.17) is 23.2 Å². The Morgan fingerprint density at radius 3 is 2.65 bits per heavy atom. The van der Waals surface area contributed by atoms with Crippen LogP contribution in [0.2, 0.25) is 10.4 Å². The van der Waals surface area contributed by atoms with E-state index >= 15 is 0 Å². The molecule has 0 radical (unpaired) electrons. The zero-order valence-corrected chi connectivity index (χ0v) is 15.8. The first-order chi connectivity index (χ1) is 11.1. The second kappa shape index (κ2) is 6.51. The van der Waals surface area contributed by atoms with Crippen LogP contribution in [-0.4, -0.2) is 27.6 Å². The number of halogens is 3. The molecule has 4 rings (SSSR count). The second-order valence-electron chi connectivity index (χ2n) is 6.68. The maximum Gasteiger partial charge on any atom is 0.225 e. The molecule has 124 valence electrons. The lowest BCUT2D eigenvalue weighted by Gasteiger charge is -2.28. The first-order valence-corrected chi connectivity index (χ1v) is 9.78. The summed E-state index contributed by atoms with van der Waals surface area (Å²) in [7, 11) is 0. The quantitative estimate of drug-likeness (QED) is 0.561. The number of piperidine rings is 1. The molecule has 2 atom stereocenters. The molecule has 0 amide bonds. The fraction of sp³-hybridized carbons (Fsp3) is 0.625. The van der Waals surface area contributed by atoms with Crippen molar-refractivity contribution in [3.05, 3.63) is 21.1 Å². The Morgan fingerprint density at radius 1 is 1.09 bits per heavy atom. The molecule has 1 N–H and O–H groups in total. The molecule has 2 aromatic heterocycles. The van der Waals surface area contributed by atoms with Crippen molar-refractivity contribution in [1.29, 1.82) is 0 Å². The second-order valence-corrected chi connectivity index (χ2v) is 8.23. The van der Waals surface area contributed by atoms with E-state index in [9.17, 15) is 0 Å². The minimum atomic E-state index is 0.210. The number of aromatic nitrogens is 3. The molecule has 2 aromatic rings. The standard InChI is InChI=1S/C16H19BrCl2N4/c17-12-8-23(15-13(12)14(18)21-16(19)22-15)11-2-1-10(7-11)9-3-5-20-6-4-9/h8-11,20H,1-7H2. The third-order valence-electron chi connectivity index (χ3n) is 5.44. The highest BCUT2D eigenvalue weighted by atomic mass is 79.9. The number of fused-ring (bicyclic) bond motifs is 1. The maximum absolute atomic E-state index is 6.25. The molecule has 3 heterocycles. The van der Waals surface area contributed by atoms with Crippen molar-refractivity contribution in [1.82, 2.24) is 19.9 Å². The van der Waals surface area contributed by atoms with E-state index in [1.165, 1.54) is 45.2 Å². The van der Waals surface area contributed by atoms with Gasteiger partial charge in [0.1, 0.15) is 10.8 Å². The molecule has 1 aliphatic heterocycles. The van der Waals surface area contributed by atoms with E-state index in [1.54, 1.807) is 0 Å².